The van der Waals surface area contributed by atoms with Gasteiger partial charge in [-0.05, 0) is 66.2 Å². The van der Waals surface area contributed by atoms with Gasteiger partial charge >= 0.3 is 11.9 Å². The fraction of sp³-hybridized carbons (Fsp3) is 0.700. The van der Waals surface area contributed by atoms with Crippen molar-refractivity contribution in [3.05, 3.63) is 23.3 Å². The second-order valence-electron chi connectivity index (χ2n) is 7.48. The van der Waals surface area contributed by atoms with Crippen LogP contribution in [0.4, 0.5) is 0 Å². The molecule has 2 atom stereocenters. The van der Waals surface area contributed by atoms with Gasteiger partial charge in [-0.1, -0.05) is 30.2 Å². The third-order valence-electron chi connectivity index (χ3n) is 3.84. The molecule has 24 heavy (non-hydrogen) atoms. The molecule has 0 aliphatic carbocycles. The molecule has 0 aliphatic rings. The van der Waals surface area contributed by atoms with Crippen LogP contribution in [0, 0.1) is 5.92 Å². The Kier molecular flexibility index (Phi) is 10.3. The zero-order valence-corrected chi connectivity index (χ0v) is 16.1. The van der Waals surface area contributed by atoms with Crippen LogP contribution >= 0.6 is 0 Å². The lowest BCUT2D eigenvalue weighted by Gasteiger charge is -2.28. The molecule has 0 rings (SSSR count). The molecule has 0 aromatic heterocycles. The highest BCUT2D eigenvalue weighted by Gasteiger charge is 2.31. The van der Waals surface area contributed by atoms with Crippen LogP contribution in [0.3, 0.4) is 0 Å². The van der Waals surface area contributed by atoms with E-state index in [9.17, 15) is 9.59 Å². The SMILES string of the molecule is CC(C)=CCCC(C)CC(=O)OC(C)(CCC=C(C)C)CC(=O)O. The van der Waals surface area contributed by atoms with Crippen molar-refractivity contribution in [3.8, 4) is 0 Å². The van der Waals surface area contributed by atoms with E-state index < -0.39 is 11.6 Å². The molecule has 0 saturated carbocycles. The van der Waals surface area contributed by atoms with Crippen LogP contribution < -0.4 is 0 Å². The molecule has 1 N–H and O–H groups in total. The number of hydrogen-bond donors (Lipinski definition) is 1. The maximum Gasteiger partial charge on any atom is 0.307 e. The monoisotopic (exact) mass is 338 g/mol. The van der Waals surface area contributed by atoms with E-state index in [0.29, 0.717) is 19.3 Å². The van der Waals surface area contributed by atoms with Gasteiger partial charge in [-0.2, -0.15) is 0 Å². The Hall–Kier alpha value is -1.58. The quantitative estimate of drug-likeness (QED) is 0.411. The predicted octanol–water partition coefficient (Wildman–Crippen LogP) is 5.28. The van der Waals surface area contributed by atoms with Gasteiger partial charge in [-0.3, -0.25) is 9.59 Å². The lowest BCUT2D eigenvalue weighted by atomic mass is 9.94. The van der Waals surface area contributed by atoms with Crippen molar-refractivity contribution in [1.29, 1.82) is 0 Å². The molecule has 138 valence electrons. The summed E-state index contributed by atoms with van der Waals surface area (Å²) in [6.45, 7) is 11.8. The van der Waals surface area contributed by atoms with E-state index in [1.54, 1.807) is 6.92 Å². The maximum atomic E-state index is 12.2. The van der Waals surface area contributed by atoms with Crippen molar-refractivity contribution in [2.24, 2.45) is 5.92 Å². The summed E-state index contributed by atoms with van der Waals surface area (Å²) in [5.74, 6) is -1.03. The molecule has 4 nitrogen and oxygen atoms in total. The summed E-state index contributed by atoms with van der Waals surface area (Å²) < 4.78 is 5.56. The maximum absolute atomic E-state index is 12.2. The molecule has 0 aliphatic heterocycles. The van der Waals surface area contributed by atoms with E-state index in [-0.39, 0.29) is 18.3 Å². The highest BCUT2D eigenvalue weighted by atomic mass is 16.6. The van der Waals surface area contributed by atoms with Crippen molar-refractivity contribution in [1.82, 2.24) is 0 Å². The van der Waals surface area contributed by atoms with Gasteiger partial charge in [0.15, 0.2) is 0 Å². The second-order valence-corrected chi connectivity index (χ2v) is 7.48. The summed E-state index contributed by atoms with van der Waals surface area (Å²) in [6, 6.07) is 0. The molecular weight excluding hydrogens is 304 g/mol. The molecule has 0 heterocycles. The second kappa shape index (κ2) is 11.1. The average molecular weight is 338 g/mol. The molecule has 0 amide bonds. The Balaban J connectivity index is 4.59. The minimum atomic E-state index is -0.950. The number of ether oxygens (including phenoxy) is 1. The van der Waals surface area contributed by atoms with Crippen molar-refractivity contribution in [2.75, 3.05) is 0 Å². The number of hydrogen-bond acceptors (Lipinski definition) is 3. The van der Waals surface area contributed by atoms with Gasteiger partial charge in [0.05, 0.1) is 6.42 Å². The minimum absolute atomic E-state index is 0.165. The fourth-order valence-electron chi connectivity index (χ4n) is 2.52. The number of carbonyl (C=O) groups is 2. The normalized spacial score (nSPS) is 14.2. The van der Waals surface area contributed by atoms with Gasteiger partial charge in [0.25, 0.3) is 0 Å². The smallest absolute Gasteiger partial charge is 0.307 e. The van der Waals surface area contributed by atoms with E-state index in [2.05, 4.69) is 19.9 Å². The van der Waals surface area contributed by atoms with Crippen molar-refractivity contribution in [2.45, 2.75) is 85.7 Å². The van der Waals surface area contributed by atoms with E-state index in [1.165, 1.54) is 11.1 Å². The highest BCUT2D eigenvalue weighted by molar-refractivity contribution is 5.72. The van der Waals surface area contributed by atoms with Gasteiger partial charge in [0.1, 0.15) is 5.60 Å². The van der Waals surface area contributed by atoms with Gasteiger partial charge in [-0.25, -0.2) is 0 Å². The molecule has 0 spiro atoms. The average Bonchev–Trinajstić information content (AvgIpc) is 2.35. The summed E-state index contributed by atoms with van der Waals surface area (Å²) in [4.78, 5) is 23.3. The summed E-state index contributed by atoms with van der Waals surface area (Å²) in [5.41, 5.74) is 1.50. The minimum Gasteiger partial charge on any atom is -0.481 e. The third kappa shape index (κ3) is 11.9. The number of rotatable bonds is 11. The van der Waals surface area contributed by atoms with Crippen LogP contribution in [0.15, 0.2) is 23.3 Å². The first-order chi connectivity index (χ1) is 11.0. The molecule has 0 bridgehead atoms. The van der Waals surface area contributed by atoms with E-state index in [0.717, 1.165) is 12.8 Å². The summed E-state index contributed by atoms with van der Waals surface area (Å²) >= 11 is 0. The van der Waals surface area contributed by atoms with Crippen LogP contribution in [0.1, 0.15) is 80.1 Å². The van der Waals surface area contributed by atoms with Crippen LogP contribution in [-0.4, -0.2) is 22.6 Å². The van der Waals surface area contributed by atoms with Crippen LogP contribution in [0.25, 0.3) is 0 Å². The van der Waals surface area contributed by atoms with Crippen LogP contribution in [0.2, 0.25) is 0 Å². The molecule has 0 aromatic rings. The van der Waals surface area contributed by atoms with Crippen LogP contribution in [0.5, 0.6) is 0 Å². The van der Waals surface area contributed by atoms with Crippen molar-refractivity contribution >= 4 is 11.9 Å². The summed E-state index contributed by atoms with van der Waals surface area (Å²) in [6.07, 6.45) is 7.46. The third-order valence-corrected chi connectivity index (χ3v) is 3.84. The molecule has 4 heteroatoms. The first kappa shape index (κ1) is 22.4. The van der Waals surface area contributed by atoms with Gasteiger partial charge in [-0.15, -0.1) is 0 Å². The van der Waals surface area contributed by atoms with E-state index >= 15 is 0 Å². The zero-order valence-electron chi connectivity index (χ0n) is 16.1. The van der Waals surface area contributed by atoms with Gasteiger partial charge < -0.3 is 9.84 Å². The van der Waals surface area contributed by atoms with Gasteiger partial charge in [0.2, 0.25) is 0 Å². The Labute approximate surface area is 147 Å². The lowest BCUT2D eigenvalue weighted by molar-refractivity contribution is -0.164. The van der Waals surface area contributed by atoms with Crippen molar-refractivity contribution < 1.29 is 19.4 Å². The Bertz CT molecular complexity index is 468. The number of esters is 1. The lowest BCUT2D eigenvalue weighted by Crippen LogP contribution is -2.34. The number of carboxylic acid groups (broad SMARTS) is 1. The molecule has 0 saturated heterocycles. The first-order valence-corrected chi connectivity index (χ1v) is 8.74. The molecule has 0 fully saturated rings. The number of allylic oxidation sites excluding steroid dienone is 4. The summed E-state index contributed by atoms with van der Waals surface area (Å²) in [5, 5.41) is 9.11. The predicted molar refractivity (Wildman–Crippen MR) is 97.9 cm³/mol. The number of carboxylic acids is 1. The van der Waals surface area contributed by atoms with Crippen molar-refractivity contribution in [3.63, 3.8) is 0 Å². The first-order valence-electron chi connectivity index (χ1n) is 8.74. The molecule has 0 aromatic carbocycles. The molecule has 0 radical (unpaired) electrons. The van der Waals surface area contributed by atoms with Crippen LogP contribution in [-0.2, 0) is 14.3 Å². The fourth-order valence-corrected chi connectivity index (χ4v) is 2.52. The number of carbonyl (C=O) groups excluding carboxylic acids is 1. The molecular formula is C20H34O4. The zero-order chi connectivity index (χ0) is 18.8. The Morgan fingerprint density at radius 1 is 1.08 bits per heavy atom. The Morgan fingerprint density at radius 2 is 1.62 bits per heavy atom. The van der Waals surface area contributed by atoms with E-state index in [4.69, 9.17) is 9.84 Å². The largest absolute Gasteiger partial charge is 0.481 e. The summed E-state index contributed by atoms with van der Waals surface area (Å²) in [7, 11) is 0. The topological polar surface area (TPSA) is 63.6 Å². The van der Waals surface area contributed by atoms with Gasteiger partial charge in [0, 0.05) is 6.42 Å². The molecule has 2 unspecified atom stereocenters. The van der Waals surface area contributed by atoms with E-state index in [1.807, 2.05) is 26.8 Å². The number of aliphatic carboxylic acids is 1. The standard InChI is InChI=1S/C20H34O4/c1-15(2)9-7-11-17(5)13-19(23)24-20(6,14-18(21)22)12-8-10-16(3)4/h9-10,17H,7-8,11-14H2,1-6H3,(H,21,22). The Morgan fingerprint density at radius 3 is 2.12 bits per heavy atom. The highest BCUT2D eigenvalue weighted by Crippen LogP contribution is 2.25.